The first-order valence-electron chi connectivity index (χ1n) is 5.46. The molecule has 2 rings (SSSR count). The lowest BCUT2D eigenvalue weighted by atomic mass is 9.85. The van der Waals surface area contributed by atoms with Crippen LogP contribution in [0.5, 0.6) is 5.75 Å². The lowest BCUT2D eigenvalue weighted by Gasteiger charge is -2.25. The SMILES string of the molecule is CC1(C(=O)Nc2cccc(O)c2)COCC1N. The van der Waals surface area contributed by atoms with Gasteiger partial charge in [0, 0.05) is 17.8 Å². The molecule has 1 saturated heterocycles. The normalized spacial score (nSPS) is 28.0. The molecule has 0 saturated carbocycles. The molecule has 5 heteroatoms. The molecular weight excluding hydrogens is 220 g/mol. The lowest BCUT2D eigenvalue weighted by molar-refractivity contribution is -0.125. The summed E-state index contributed by atoms with van der Waals surface area (Å²) in [5, 5.41) is 12.0. The summed E-state index contributed by atoms with van der Waals surface area (Å²) in [6.07, 6.45) is 0. The predicted octanol–water partition coefficient (Wildman–Crippen LogP) is 0.694. The van der Waals surface area contributed by atoms with Gasteiger partial charge in [0.2, 0.25) is 5.91 Å². The number of benzene rings is 1. The number of amides is 1. The van der Waals surface area contributed by atoms with Crippen molar-refractivity contribution >= 4 is 11.6 Å². The maximum Gasteiger partial charge on any atom is 0.234 e. The van der Waals surface area contributed by atoms with E-state index in [0.29, 0.717) is 18.9 Å². The van der Waals surface area contributed by atoms with E-state index >= 15 is 0 Å². The van der Waals surface area contributed by atoms with Crippen molar-refractivity contribution < 1.29 is 14.6 Å². The minimum absolute atomic E-state index is 0.111. The quantitative estimate of drug-likeness (QED) is 0.705. The summed E-state index contributed by atoms with van der Waals surface area (Å²) in [5.41, 5.74) is 5.70. The highest BCUT2D eigenvalue weighted by Crippen LogP contribution is 2.29. The molecule has 0 aliphatic carbocycles. The number of carbonyl (C=O) groups is 1. The molecular formula is C12H16N2O3. The number of phenols is 1. The number of nitrogens with two attached hydrogens (primary N) is 1. The largest absolute Gasteiger partial charge is 0.508 e. The van der Waals surface area contributed by atoms with Gasteiger partial charge in [-0.05, 0) is 19.1 Å². The number of hydrogen-bond acceptors (Lipinski definition) is 4. The molecule has 1 aliphatic heterocycles. The predicted molar refractivity (Wildman–Crippen MR) is 63.6 cm³/mol. The monoisotopic (exact) mass is 236 g/mol. The minimum atomic E-state index is -0.717. The Balaban J connectivity index is 2.12. The second kappa shape index (κ2) is 4.35. The van der Waals surface area contributed by atoms with Crippen LogP contribution in [0.3, 0.4) is 0 Å². The van der Waals surface area contributed by atoms with Gasteiger partial charge in [-0.15, -0.1) is 0 Å². The molecule has 0 bridgehead atoms. The van der Waals surface area contributed by atoms with Crippen molar-refractivity contribution in [2.24, 2.45) is 11.1 Å². The van der Waals surface area contributed by atoms with Crippen LogP contribution in [0.15, 0.2) is 24.3 Å². The molecule has 1 heterocycles. The number of anilines is 1. The molecule has 1 fully saturated rings. The van der Waals surface area contributed by atoms with Crippen LogP contribution in [-0.2, 0) is 9.53 Å². The van der Waals surface area contributed by atoms with Crippen molar-refractivity contribution in [3.63, 3.8) is 0 Å². The topological polar surface area (TPSA) is 84.6 Å². The van der Waals surface area contributed by atoms with E-state index in [-0.39, 0.29) is 17.7 Å². The third-order valence-corrected chi connectivity index (χ3v) is 3.14. The van der Waals surface area contributed by atoms with Gasteiger partial charge < -0.3 is 20.9 Å². The summed E-state index contributed by atoms with van der Waals surface area (Å²) >= 11 is 0. The first-order chi connectivity index (χ1) is 8.02. The molecule has 1 aromatic rings. The van der Waals surface area contributed by atoms with E-state index < -0.39 is 5.41 Å². The zero-order valence-corrected chi connectivity index (χ0v) is 9.64. The number of rotatable bonds is 2. The Morgan fingerprint density at radius 1 is 1.65 bits per heavy atom. The van der Waals surface area contributed by atoms with E-state index in [2.05, 4.69) is 5.32 Å². The first kappa shape index (κ1) is 11.9. The van der Waals surface area contributed by atoms with Crippen molar-refractivity contribution in [3.05, 3.63) is 24.3 Å². The molecule has 2 unspecified atom stereocenters. The van der Waals surface area contributed by atoms with Crippen LogP contribution in [0.2, 0.25) is 0 Å². The standard InChI is InChI=1S/C12H16N2O3/c1-12(7-17-6-10(12)13)11(16)14-8-3-2-4-9(15)5-8/h2-5,10,15H,6-7,13H2,1H3,(H,14,16). The summed E-state index contributed by atoms with van der Waals surface area (Å²) in [7, 11) is 0. The van der Waals surface area contributed by atoms with Crippen LogP contribution in [0.25, 0.3) is 0 Å². The molecule has 0 aromatic heterocycles. The molecule has 5 nitrogen and oxygen atoms in total. The van der Waals surface area contributed by atoms with E-state index in [4.69, 9.17) is 10.5 Å². The summed E-state index contributed by atoms with van der Waals surface area (Å²) < 4.78 is 5.22. The van der Waals surface area contributed by atoms with E-state index in [9.17, 15) is 9.90 Å². The smallest absolute Gasteiger partial charge is 0.234 e. The third kappa shape index (κ3) is 2.25. The maximum atomic E-state index is 12.1. The van der Waals surface area contributed by atoms with Crippen LogP contribution in [0.1, 0.15) is 6.92 Å². The highest BCUT2D eigenvalue weighted by molar-refractivity contribution is 5.96. The Kier molecular flexibility index (Phi) is 3.04. The van der Waals surface area contributed by atoms with E-state index in [0.717, 1.165) is 0 Å². The molecule has 1 amide bonds. The number of aromatic hydroxyl groups is 1. The number of hydrogen-bond donors (Lipinski definition) is 3. The van der Waals surface area contributed by atoms with Gasteiger partial charge in [-0.3, -0.25) is 4.79 Å². The van der Waals surface area contributed by atoms with Gasteiger partial charge in [-0.1, -0.05) is 6.07 Å². The van der Waals surface area contributed by atoms with Gasteiger partial charge >= 0.3 is 0 Å². The van der Waals surface area contributed by atoms with Crippen LogP contribution < -0.4 is 11.1 Å². The summed E-state index contributed by atoms with van der Waals surface area (Å²) in [4.78, 5) is 12.1. The van der Waals surface area contributed by atoms with Crippen LogP contribution in [-0.4, -0.2) is 30.3 Å². The molecule has 17 heavy (non-hydrogen) atoms. The second-order valence-corrected chi connectivity index (χ2v) is 4.54. The number of carbonyl (C=O) groups excluding carboxylic acids is 1. The molecule has 4 N–H and O–H groups in total. The molecule has 2 atom stereocenters. The van der Waals surface area contributed by atoms with Gasteiger partial charge in [0.1, 0.15) is 5.75 Å². The Hall–Kier alpha value is -1.59. The molecule has 92 valence electrons. The average Bonchev–Trinajstić information content (AvgIpc) is 2.60. The zero-order valence-electron chi connectivity index (χ0n) is 9.64. The van der Waals surface area contributed by atoms with Crippen molar-refractivity contribution in [1.82, 2.24) is 0 Å². The summed E-state index contributed by atoms with van der Waals surface area (Å²) in [6.45, 7) is 2.49. The highest BCUT2D eigenvalue weighted by Gasteiger charge is 2.44. The van der Waals surface area contributed by atoms with Crippen molar-refractivity contribution in [3.8, 4) is 5.75 Å². The van der Waals surface area contributed by atoms with Gasteiger partial charge in [-0.2, -0.15) is 0 Å². The van der Waals surface area contributed by atoms with Crippen LogP contribution in [0.4, 0.5) is 5.69 Å². The average molecular weight is 236 g/mol. The fourth-order valence-electron chi connectivity index (χ4n) is 1.78. The van der Waals surface area contributed by atoms with Gasteiger partial charge in [0.05, 0.1) is 18.6 Å². The van der Waals surface area contributed by atoms with E-state index in [1.165, 1.54) is 6.07 Å². The Bertz CT molecular complexity index is 436. The lowest BCUT2D eigenvalue weighted by Crippen LogP contribution is -2.47. The van der Waals surface area contributed by atoms with Crippen molar-refractivity contribution in [1.29, 1.82) is 0 Å². The van der Waals surface area contributed by atoms with E-state index in [1.807, 2.05) is 0 Å². The van der Waals surface area contributed by atoms with Gasteiger partial charge in [-0.25, -0.2) is 0 Å². The highest BCUT2D eigenvalue weighted by atomic mass is 16.5. The Labute approximate surface area is 99.6 Å². The van der Waals surface area contributed by atoms with E-state index in [1.54, 1.807) is 25.1 Å². The van der Waals surface area contributed by atoms with Crippen molar-refractivity contribution in [2.75, 3.05) is 18.5 Å². The van der Waals surface area contributed by atoms with Crippen LogP contribution in [0, 0.1) is 5.41 Å². The third-order valence-electron chi connectivity index (χ3n) is 3.14. The number of ether oxygens (including phenoxy) is 1. The summed E-state index contributed by atoms with van der Waals surface area (Å²) in [6, 6.07) is 6.10. The second-order valence-electron chi connectivity index (χ2n) is 4.54. The minimum Gasteiger partial charge on any atom is -0.508 e. The molecule has 0 radical (unpaired) electrons. The fourth-order valence-corrected chi connectivity index (χ4v) is 1.78. The van der Waals surface area contributed by atoms with Gasteiger partial charge in [0.15, 0.2) is 0 Å². The molecule has 1 aliphatic rings. The Morgan fingerprint density at radius 3 is 3.00 bits per heavy atom. The summed E-state index contributed by atoms with van der Waals surface area (Å²) in [5.74, 6) is -0.0759. The molecule has 1 aromatic carbocycles. The molecule has 0 spiro atoms. The van der Waals surface area contributed by atoms with Gasteiger partial charge in [0.25, 0.3) is 0 Å². The van der Waals surface area contributed by atoms with Crippen molar-refractivity contribution in [2.45, 2.75) is 13.0 Å². The van der Waals surface area contributed by atoms with Crippen LogP contribution >= 0.6 is 0 Å². The Morgan fingerprint density at radius 2 is 2.41 bits per heavy atom. The first-order valence-corrected chi connectivity index (χ1v) is 5.46. The number of phenolic OH excluding ortho intramolecular Hbond substituents is 1. The number of nitrogens with one attached hydrogen (secondary N) is 1. The zero-order chi connectivity index (χ0) is 12.5. The maximum absolute atomic E-state index is 12.1. The fraction of sp³-hybridized carbons (Fsp3) is 0.417.